The fraction of sp³-hybridized carbons (Fsp3) is 0.533. The van der Waals surface area contributed by atoms with Crippen molar-refractivity contribution in [1.82, 2.24) is 0 Å². The first kappa shape index (κ1) is 13.7. The number of benzene rings is 1. The van der Waals surface area contributed by atoms with Crippen LogP contribution in [0.25, 0.3) is 0 Å². The maximum Gasteiger partial charge on any atom is 0.248 e. The van der Waals surface area contributed by atoms with E-state index in [4.69, 9.17) is 11.5 Å². The molecule has 0 bridgehead atoms. The van der Waals surface area contributed by atoms with Gasteiger partial charge in [0, 0.05) is 18.7 Å². The molecule has 0 unspecified atom stereocenters. The number of carbonyl (C=O) groups excluding carboxylic acids is 1. The summed E-state index contributed by atoms with van der Waals surface area (Å²) in [7, 11) is 0. The van der Waals surface area contributed by atoms with Gasteiger partial charge in [0.2, 0.25) is 5.91 Å². The molecular formula is C15H23N3O. The summed E-state index contributed by atoms with van der Waals surface area (Å²) >= 11 is 0. The van der Waals surface area contributed by atoms with Crippen LogP contribution in [0, 0.1) is 5.92 Å². The van der Waals surface area contributed by atoms with Crippen molar-refractivity contribution in [2.45, 2.75) is 32.6 Å². The largest absolute Gasteiger partial charge is 0.397 e. The summed E-state index contributed by atoms with van der Waals surface area (Å²) in [4.78, 5) is 13.4. The molecule has 1 aliphatic heterocycles. The molecule has 1 aromatic rings. The Labute approximate surface area is 114 Å². The molecule has 1 saturated heterocycles. The number of hydrogen-bond donors (Lipinski definition) is 2. The quantitative estimate of drug-likeness (QED) is 0.817. The van der Waals surface area contributed by atoms with E-state index < -0.39 is 5.91 Å². The van der Waals surface area contributed by atoms with Gasteiger partial charge in [-0.2, -0.15) is 0 Å². The van der Waals surface area contributed by atoms with Crippen molar-refractivity contribution in [2.75, 3.05) is 23.7 Å². The van der Waals surface area contributed by atoms with E-state index in [0.29, 0.717) is 11.3 Å². The summed E-state index contributed by atoms with van der Waals surface area (Å²) < 4.78 is 0. The van der Waals surface area contributed by atoms with Gasteiger partial charge in [-0.25, -0.2) is 0 Å². The average Bonchev–Trinajstić information content (AvgIpc) is 2.40. The van der Waals surface area contributed by atoms with Crippen LogP contribution in [-0.2, 0) is 0 Å². The number of primary amides is 1. The van der Waals surface area contributed by atoms with Gasteiger partial charge in [0.05, 0.1) is 11.4 Å². The van der Waals surface area contributed by atoms with Crippen molar-refractivity contribution in [3.05, 3.63) is 23.8 Å². The Morgan fingerprint density at radius 2 is 2.05 bits per heavy atom. The maximum atomic E-state index is 11.1. The highest BCUT2D eigenvalue weighted by molar-refractivity contribution is 5.94. The molecule has 4 nitrogen and oxygen atoms in total. The third kappa shape index (κ3) is 3.19. The second-order valence-electron chi connectivity index (χ2n) is 5.36. The first-order valence-corrected chi connectivity index (χ1v) is 7.06. The number of nitrogen functional groups attached to an aromatic ring is 1. The second-order valence-corrected chi connectivity index (χ2v) is 5.36. The number of anilines is 2. The van der Waals surface area contributed by atoms with Gasteiger partial charge in [0.15, 0.2) is 0 Å². The van der Waals surface area contributed by atoms with Gasteiger partial charge in [-0.3, -0.25) is 4.79 Å². The Bertz CT molecular complexity index is 451. The summed E-state index contributed by atoms with van der Waals surface area (Å²) in [6, 6.07) is 5.34. The molecule has 0 aliphatic carbocycles. The molecule has 1 aromatic carbocycles. The highest BCUT2D eigenvalue weighted by Gasteiger charge is 2.20. The fourth-order valence-electron chi connectivity index (χ4n) is 2.87. The topological polar surface area (TPSA) is 72.3 Å². The molecule has 0 radical (unpaired) electrons. The van der Waals surface area contributed by atoms with Crippen molar-refractivity contribution in [1.29, 1.82) is 0 Å². The van der Waals surface area contributed by atoms with E-state index in [-0.39, 0.29) is 0 Å². The van der Waals surface area contributed by atoms with Crippen LogP contribution in [0.3, 0.4) is 0 Å². The van der Waals surface area contributed by atoms with Gasteiger partial charge in [-0.15, -0.1) is 0 Å². The molecule has 1 amide bonds. The predicted octanol–water partition coefficient (Wildman–Crippen LogP) is 2.38. The summed E-state index contributed by atoms with van der Waals surface area (Å²) in [6.07, 6.45) is 5.04. The Morgan fingerprint density at radius 3 is 2.58 bits per heavy atom. The van der Waals surface area contributed by atoms with Crippen LogP contribution >= 0.6 is 0 Å². The Kier molecular flexibility index (Phi) is 4.30. The van der Waals surface area contributed by atoms with Crippen LogP contribution in [0.15, 0.2) is 18.2 Å². The van der Waals surface area contributed by atoms with Gasteiger partial charge in [-0.05, 0) is 37.0 Å². The third-order valence-corrected chi connectivity index (χ3v) is 3.96. The van der Waals surface area contributed by atoms with E-state index >= 15 is 0 Å². The summed E-state index contributed by atoms with van der Waals surface area (Å²) in [6.45, 7) is 4.34. The molecule has 0 aromatic heterocycles. The third-order valence-electron chi connectivity index (χ3n) is 3.96. The SMILES string of the molecule is CCCC1CCN(c2ccc(C(N)=O)cc2N)CC1. The number of amides is 1. The van der Waals surface area contributed by atoms with Crippen molar-refractivity contribution >= 4 is 17.3 Å². The van der Waals surface area contributed by atoms with Crippen molar-refractivity contribution in [3.63, 3.8) is 0 Å². The minimum Gasteiger partial charge on any atom is -0.397 e. The zero-order chi connectivity index (χ0) is 13.8. The van der Waals surface area contributed by atoms with Gasteiger partial charge in [0.1, 0.15) is 0 Å². The molecule has 4 N–H and O–H groups in total. The number of carbonyl (C=O) groups is 1. The van der Waals surface area contributed by atoms with E-state index in [0.717, 1.165) is 24.7 Å². The maximum absolute atomic E-state index is 11.1. The Morgan fingerprint density at radius 1 is 1.37 bits per heavy atom. The Hall–Kier alpha value is -1.71. The zero-order valence-corrected chi connectivity index (χ0v) is 11.6. The molecule has 2 rings (SSSR count). The first-order valence-electron chi connectivity index (χ1n) is 7.06. The molecule has 1 fully saturated rings. The summed E-state index contributed by atoms with van der Waals surface area (Å²) in [5.74, 6) is 0.423. The van der Waals surface area contributed by atoms with Gasteiger partial charge < -0.3 is 16.4 Å². The lowest BCUT2D eigenvalue weighted by molar-refractivity contribution is 0.100. The van der Waals surface area contributed by atoms with Crippen LogP contribution in [0.4, 0.5) is 11.4 Å². The normalized spacial score (nSPS) is 16.6. The minimum absolute atomic E-state index is 0.431. The van der Waals surface area contributed by atoms with Crippen molar-refractivity contribution < 1.29 is 4.79 Å². The molecule has 19 heavy (non-hydrogen) atoms. The fourth-order valence-corrected chi connectivity index (χ4v) is 2.87. The van der Waals surface area contributed by atoms with Gasteiger partial charge in [0.25, 0.3) is 0 Å². The molecule has 0 spiro atoms. The number of nitrogens with two attached hydrogens (primary N) is 2. The van der Waals surface area contributed by atoms with E-state index in [2.05, 4.69) is 11.8 Å². The molecule has 1 heterocycles. The van der Waals surface area contributed by atoms with Crippen LogP contribution < -0.4 is 16.4 Å². The molecule has 4 heteroatoms. The number of piperidine rings is 1. The van der Waals surface area contributed by atoms with Crippen LogP contribution in [0.5, 0.6) is 0 Å². The molecule has 0 saturated carbocycles. The van der Waals surface area contributed by atoms with Crippen LogP contribution in [-0.4, -0.2) is 19.0 Å². The summed E-state index contributed by atoms with van der Waals surface area (Å²) in [5.41, 5.74) is 13.4. The zero-order valence-electron chi connectivity index (χ0n) is 11.6. The summed E-state index contributed by atoms with van der Waals surface area (Å²) in [5, 5.41) is 0. The van der Waals surface area contributed by atoms with Gasteiger partial charge in [-0.1, -0.05) is 19.8 Å². The van der Waals surface area contributed by atoms with E-state index in [9.17, 15) is 4.79 Å². The Balaban J connectivity index is 2.05. The molecule has 1 aliphatic rings. The van der Waals surface area contributed by atoms with Crippen LogP contribution in [0.2, 0.25) is 0 Å². The highest BCUT2D eigenvalue weighted by Crippen LogP contribution is 2.30. The number of hydrogen-bond acceptors (Lipinski definition) is 3. The van der Waals surface area contributed by atoms with Crippen LogP contribution in [0.1, 0.15) is 43.0 Å². The van der Waals surface area contributed by atoms with Crippen molar-refractivity contribution in [3.8, 4) is 0 Å². The monoisotopic (exact) mass is 261 g/mol. The van der Waals surface area contributed by atoms with E-state index in [1.807, 2.05) is 6.07 Å². The van der Waals surface area contributed by atoms with Crippen molar-refractivity contribution in [2.24, 2.45) is 11.7 Å². The smallest absolute Gasteiger partial charge is 0.248 e. The minimum atomic E-state index is -0.431. The van der Waals surface area contributed by atoms with E-state index in [1.54, 1.807) is 12.1 Å². The average molecular weight is 261 g/mol. The standard InChI is InChI=1S/C15H23N3O/c1-2-3-11-6-8-18(9-7-11)14-5-4-12(15(17)19)10-13(14)16/h4-5,10-11H,2-3,6-9,16H2,1H3,(H2,17,19). The molecular weight excluding hydrogens is 238 g/mol. The van der Waals surface area contributed by atoms with E-state index in [1.165, 1.54) is 25.7 Å². The van der Waals surface area contributed by atoms with Gasteiger partial charge >= 0.3 is 0 Å². The highest BCUT2D eigenvalue weighted by atomic mass is 16.1. The molecule has 0 atom stereocenters. The molecule has 104 valence electrons. The number of rotatable bonds is 4. The second kappa shape index (κ2) is 5.95. The lowest BCUT2D eigenvalue weighted by atomic mass is 9.92. The number of nitrogens with zero attached hydrogens (tertiary/aromatic N) is 1. The lowest BCUT2D eigenvalue weighted by Gasteiger charge is -2.34. The predicted molar refractivity (Wildman–Crippen MR) is 79.2 cm³/mol. The first-order chi connectivity index (χ1) is 9.11. The lowest BCUT2D eigenvalue weighted by Crippen LogP contribution is -2.34.